The minimum atomic E-state index is -5.05. The molecule has 16 nitrogen and oxygen atoms in total. The van der Waals surface area contributed by atoms with Gasteiger partial charge in [-0.25, -0.2) is 9.59 Å². The molecule has 4 aromatic carbocycles. The molecule has 0 bridgehead atoms. The monoisotopic (exact) mass is 670 g/mol. The maximum absolute atomic E-state index is 12.4. The maximum atomic E-state index is 12.4. The van der Waals surface area contributed by atoms with Crippen LogP contribution in [0.25, 0.3) is 11.1 Å². The molecule has 0 unspecified atom stereocenters. The number of azo groups is 2. The molecule has 0 fully saturated rings. The molecule has 0 aliphatic rings. The average Bonchev–Trinajstić information content (AvgIpc) is 2.96. The van der Waals surface area contributed by atoms with Gasteiger partial charge in [0.1, 0.15) is 32.4 Å². The van der Waals surface area contributed by atoms with Gasteiger partial charge in [0.15, 0.2) is 0 Å². The first-order chi connectivity index (χ1) is 21.4. The molecule has 0 radical (unpaired) electrons. The van der Waals surface area contributed by atoms with Crippen LogP contribution in [0.2, 0.25) is 0 Å². The highest BCUT2D eigenvalue weighted by Gasteiger charge is 2.24. The number of hydrogen-bond donors (Lipinski definition) is 6. The Labute approximate surface area is 260 Å². The number of carboxylic acid groups (broad SMARTS) is 2. The van der Waals surface area contributed by atoms with E-state index < -0.39 is 64.6 Å². The molecule has 0 spiro atoms. The van der Waals surface area contributed by atoms with E-state index in [4.69, 9.17) is 0 Å². The summed E-state index contributed by atoms with van der Waals surface area (Å²) >= 11 is 0. The third-order valence-electron chi connectivity index (χ3n) is 6.37. The number of aryl methyl sites for hydroxylation is 2. The predicted octanol–water partition coefficient (Wildman–Crippen LogP) is 6.10. The molecular formula is C28H22N4O12S2. The zero-order valence-electron chi connectivity index (χ0n) is 23.5. The lowest BCUT2D eigenvalue weighted by atomic mass is 10.0. The van der Waals surface area contributed by atoms with Crippen molar-refractivity contribution in [2.75, 3.05) is 0 Å². The highest BCUT2D eigenvalue weighted by atomic mass is 32.2. The Bertz CT molecular complexity index is 2060. The van der Waals surface area contributed by atoms with Crippen molar-refractivity contribution in [1.29, 1.82) is 0 Å². The van der Waals surface area contributed by atoms with Gasteiger partial charge in [-0.15, -0.1) is 0 Å². The quantitative estimate of drug-likeness (QED) is 0.0870. The van der Waals surface area contributed by atoms with Gasteiger partial charge in [-0.3, -0.25) is 9.11 Å². The Hall–Kier alpha value is -5.56. The second kappa shape index (κ2) is 12.4. The molecule has 4 aromatic rings. The number of hydrogen-bond acceptors (Lipinski definition) is 12. The van der Waals surface area contributed by atoms with E-state index >= 15 is 0 Å². The van der Waals surface area contributed by atoms with E-state index in [1.54, 1.807) is 0 Å². The van der Waals surface area contributed by atoms with Crippen molar-refractivity contribution in [3.63, 3.8) is 0 Å². The summed E-state index contributed by atoms with van der Waals surface area (Å²) < 4.78 is 69.4. The Balaban J connectivity index is 1.79. The van der Waals surface area contributed by atoms with Gasteiger partial charge in [0.25, 0.3) is 20.2 Å². The molecule has 0 saturated carbocycles. The number of benzene rings is 4. The molecule has 0 heterocycles. The molecule has 0 amide bonds. The molecule has 0 atom stereocenters. The van der Waals surface area contributed by atoms with E-state index in [2.05, 4.69) is 20.5 Å². The fraction of sp³-hybridized carbons (Fsp3) is 0.0714. The summed E-state index contributed by atoms with van der Waals surface area (Å²) in [6.45, 7) is 2.85. The minimum absolute atomic E-state index is 0.00903. The molecule has 6 N–H and O–H groups in total. The zero-order valence-corrected chi connectivity index (χ0v) is 25.1. The van der Waals surface area contributed by atoms with E-state index in [1.807, 2.05) is 0 Å². The zero-order chi connectivity index (χ0) is 34.1. The average molecular weight is 671 g/mol. The summed E-state index contributed by atoms with van der Waals surface area (Å²) in [5.41, 5.74) is -1.64. The molecule has 4 rings (SSSR count). The van der Waals surface area contributed by atoms with E-state index in [1.165, 1.54) is 38.1 Å². The second-order valence-corrected chi connectivity index (χ2v) is 12.4. The standard InChI is InChI=1S/C28H22N4O12S2/c1-13-7-17(9-21(25(13)33)27(35)36)31-29-15-3-5-19(23(11-15)45(39,40)41)20-6-4-16(12-24(20)46(42,43)44)30-32-18-8-14(2)26(34)22(10-18)28(37)38/h3-12,33-34H,1-2H3,(H,35,36)(H,37,38)(H,39,40,41)(H,42,43,44). The number of aromatic carboxylic acids is 2. The van der Waals surface area contributed by atoms with Crippen molar-refractivity contribution >= 4 is 54.9 Å². The van der Waals surface area contributed by atoms with Gasteiger partial charge >= 0.3 is 11.9 Å². The topological polar surface area (TPSA) is 273 Å². The molecule has 0 aromatic heterocycles. The molecular weight excluding hydrogens is 648 g/mol. The summed E-state index contributed by atoms with van der Waals surface area (Å²) in [5, 5.41) is 53.8. The van der Waals surface area contributed by atoms with E-state index in [0.29, 0.717) is 0 Å². The Morgan fingerprint density at radius 1 is 0.543 bits per heavy atom. The van der Waals surface area contributed by atoms with Gasteiger partial charge in [0.2, 0.25) is 0 Å². The fourth-order valence-corrected chi connectivity index (χ4v) is 5.66. The van der Waals surface area contributed by atoms with Crippen LogP contribution in [0, 0.1) is 13.8 Å². The van der Waals surface area contributed by atoms with E-state index in [0.717, 1.165) is 36.4 Å². The number of carboxylic acids is 2. The van der Waals surface area contributed by atoms with E-state index in [-0.39, 0.29) is 45.0 Å². The maximum Gasteiger partial charge on any atom is 0.339 e. The lowest BCUT2D eigenvalue weighted by Crippen LogP contribution is -2.05. The Kier molecular flexibility index (Phi) is 9.02. The number of phenols is 2. The summed E-state index contributed by atoms with van der Waals surface area (Å²) in [4.78, 5) is 21.1. The van der Waals surface area contributed by atoms with Crippen LogP contribution in [0.4, 0.5) is 22.7 Å². The van der Waals surface area contributed by atoms with Gasteiger partial charge in [-0.1, -0.05) is 12.1 Å². The third-order valence-corrected chi connectivity index (χ3v) is 8.16. The first-order valence-electron chi connectivity index (χ1n) is 12.6. The number of rotatable bonds is 9. The van der Waals surface area contributed by atoms with Gasteiger partial charge in [-0.2, -0.15) is 37.3 Å². The molecule has 0 aliphatic carbocycles. The summed E-state index contributed by atoms with van der Waals surface area (Å²) in [6.07, 6.45) is 0. The van der Waals surface area contributed by atoms with Gasteiger partial charge < -0.3 is 20.4 Å². The number of nitrogens with zero attached hydrogens (tertiary/aromatic N) is 4. The molecule has 238 valence electrons. The van der Waals surface area contributed by atoms with Crippen molar-refractivity contribution in [3.8, 4) is 22.6 Å². The van der Waals surface area contributed by atoms with Crippen LogP contribution in [-0.2, 0) is 20.2 Å². The highest BCUT2D eigenvalue weighted by molar-refractivity contribution is 7.86. The number of carbonyl (C=O) groups is 2. The van der Waals surface area contributed by atoms with Crippen LogP contribution in [-0.4, -0.2) is 58.3 Å². The SMILES string of the molecule is Cc1cc(N=Nc2ccc(-c3ccc(N=Nc4cc(C)c(O)c(C(=O)O)c4)cc3S(=O)(=O)O)c(S(=O)(=O)O)c2)cc(C(=O)O)c1O. The Morgan fingerprint density at radius 2 is 0.870 bits per heavy atom. The lowest BCUT2D eigenvalue weighted by molar-refractivity contribution is 0.0682. The molecule has 18 heteroatoms. The van der Waals surface area contributed by atoms with Crippen molar-refractivity contribution in [2.24, 2.45) is 20.5 Å². The van der Waals surface area contributed by atoms with Crippen LogP contribution < -0.4 is 0 Å². The minimum Gasteiger partial charge on any atom is -0.507 e. The smallest absolute Gasteiger partial charge is 0.339 e. The van der Waals surface area contributed by atoms with Crippen LogP contribution in [0.3, 0.4) is 0 Å². The first kappa shape index (κ1) is 33.3. The van der Waals surface area contributed by atoms with E-state index in [9.17, 15) is 56.0 Å². The lowest BCUT2D eigenvalue weighted by Gasteiger charge is -2.12. The normalized spacial score (nSPS) is 12.2. The fourth-order valence-electron chi connectivity index (χ4n) is 4.21. The van der Waals surface area contributed by atoms with Crippen LogP contribution in [0.1, 0.15) is 31.8 Å². The van der Waals surface area contributed by atoms with Crippen molar-refractivity contribution in [2.45, 2.75) is 23.6 Å². The summed E-state index contributed by atoms with van der Waals surface area (Å²) in [6, 6.07) is 11.0. The van der Waals surface area contributed by atoms with Crippen molar-refractivity contribution in [3.05, 3.63) is 82.9 Å². The predicted molar refractivity (Wildman–Crippen MR) is 159 cm³/mol. The third kappa shape index (κ3) is 7.21. The summed E-state index contributed by atoms with van der Waals surface area (Å²) in [5.74, 6) is -3.81. The first-order valence-corrected chi connectivity index (χ1v) is 15.5. The van der Waals surface area contributed by atoms with Crippen LogP contribution in [0.5, 0.6) is 11.5 Å². The van der Waals surface area contributed by atoms with Crippen molar-refractivity contribution < 1.29 is 56.0 Å². The van der Waals surface area contributed by atoms with Gasteiger partial charge in [0.05, 0.1) is 22.7 Å². The number of aromatic hydroxyl groups is 2. The molecule has 0 saturated heterocycles. The summed E-state index contributed by atoms with van der Waals surface area (Å²) in [7, 11) is -10.1. The van der Waals surface area contributed by atoms with Gasteiger partial charge in [-0.05, 0) is 73.5 Å². The molecule has 0 aliphatic heterocycles. The van der Waals surface area contributed by atoms with Crippen molar-refractivity contribution in [1.82, 2.24) is 0 Å². The highest BCUT2D eigenvalue weighted by Crippen LogP contribution is 2.38. The molecule has 46 heavy (non-hydrogen) atoms. The van der Waals surface area contributed by atoms with Crippen LogP contribution >= 0.6 is 0 Å². The largest absolute Gasteiger partial charge is 0.507 e. The van der Waals surface area contributed by atoms with Crippen LogP contribution in [0.15, 0.2) is 90.9 Å². The Morgan fingerprint density at radius 3 is 1.17 bits per heavy atom. The second-order valence-electron chi connectivity index (χ2n) is 9.64. The van der Waals surface area contributed by atoms with Gasteiger partial charge in [0, 0.05) is 11.1 Å².